The number of rotatable bonds is 3. The molecule has 120 valence electrons. The Bertz CT molecular complexity index is 536. The third kappa shape index (κ3) is 3.69. The molecule has 1 aliphatic rings. The van der Waals surface area contributed by atoms with Gasteiger partial charge in [0.05, 0.1) is 0 Å². The number of nitrogens with zero attached hydrogens (tertiary/aromatic N) is 3. The van der Waals surface area contributed by atoms with E-state index in [1.165, 1.54) is 11.1 Å². The molecule has 0 bridgehead atoms. The zero-order valence-corrected chi connectivity index (χ0v) is 14.6. The van der Waals surface area contributed by atoms with E-state index in [0.717, 1.165) is 19.6 Å². The molecule has 0 aliphatic carbocycles. The molecule has 3 nitrogen and oxygen atoms in total. The molecule has 3 heteroatoms. The Morgan fingerprint density at radius 1 is 1.23 bits per heavy atom. The lowest BCUT2D eigenvalue weighted by Gasteiger charge is -2.47. The normalized spacial score (nSPS) is 21.0. The fourth-order valence-electron chi connectivity index (χ4n) is 3.48. The van der Waals surface area contributed by atoms with Crippen LogP contribution < -0.4 is 0 Å². The van der Waals surface area contributed by atoms with Crippen molar-refractivity contribution in [1.82, 2.24) is 9.80 Å². The predicted octanol–water partition coefficient (Wildman–Crippen LogP) is 4.14. The SMILES string of the molecule is [C-]#[N+]CN1CCN(C(C)(C)C)C(c2ccccc2C(C)C)C1. The molecule has 0 amide bonds. The van der Waals surface area contributed by atoms with E-state index in [4.69, 9.17) is 6.57 Å². The summed E-state index contributed by atoms with van der Waals surface area (Å²) in [5, 5.41) is 0. The minimum atomic E-state index is 0.138. The van der Waals surface area contributed by atoms with E-state index < -0.39 is 0 Å². The van der Waals surface area contributed by atoms with Gasteiger partial charge in [-0.25, -0.2) is 11.5 Å². The average Bonchev–Trinajstić information content (AvgIpc) is 2.46. The predicted molar refractivity (Wildman–Crippen MR) is 92.8 cm³/mol. The van der Waals surface area contributed by atoms with Crippen LogP contribution in [0.15, 0.2) is 24.3 Å². The van der Waals surface area contributed by atoms with E-state index in [1.54, 1.807) is 0 Å². The average molecular weight is 299 g/mol. The first-order valence-electron chi connectivity index (χ1n) is 8.25. The summed E-state index contributed by atoms with van der Waals surface area (Å²) in [6, 6.07) is 9.19. The van der Waals surface area contributed by atoms with Gasteiger partial charge in [-0.05, 0) is 37.8 Å². The molecule has 1 aromatic carbocycles. The molecular formula is C19H29N3. The fraction of sp³-hybridized carbons (Fsp3) is 0.632. The first kappa shape index (κ1) is 17.0. The molecule has 22 heavy (non-hydrogen) atoms. The van der Waals surface area contributed by atoms with E-state index in [-0.39, 0.29) is 5.54 Å². The van der Waals surface area contributed by atoms with Gasteiger partial charge in [-0.1, -0.05) is 38.1 Å². The van der Waals surface area contributed by atoms with E-state index in [1.807, 2.05) is 0 Å². The van der Waals surface area contributed by atoms with Crippen LogP contribution in [0.4, 0.5) is 0 Å². The van der Waals surface area contributed by atoms with Crippen molar-refractivity contribution in [1.29, 1.82) is 0 Å². The van der Waals surface area contributed by atoms with Crippen LogP contribution in [0.3, 0.4) is 0 Å². The Kier molecular flexibility index (Phi) is 5.26. The molecule has 1 aliphatic heterocycles. The van der Waals surface area contributed by atoms with Gasteiger partial charge in [0.15, 0.2) is 0 Å². The first-order valence-corrected chi connectivity index (χ1v) is 8.25. The molecule has 1 unspecified atom stereocenters. The van der Waals surface area contributed by atoms with Gasteiger partial charge in [0.2, 0.25) is 0 Å². The van der Waals surface area contributed by atoms with Crippen LogP contribution >= 0.6 is 0 Å². The number of hydrogen-bond acceptors (Lipinski definition) is 2. The highest BCUT2D eigenvalue weighted by Crippen LogP contribution is 2.35. The standard InChI is InChI=1S/C19H29N3/c1-15(2)16-9-7-8-10-17(16)18-13-21(14-20-6)11-12-22(18)19(3,4)5/h7-10,15,18H,11-14H2,1-5H3. The maximum Gasteiger partial charge on any atom is 0.270 e. The number of benzene rings is 1. The molecule has 0 aromatic heterocycles. The van der Waals surface area contributed by atoms with E-state index in [2.05, 4.69) is 73.5 Å². The van der Waals surface area contributed by atoms with Gasteiger partial charge in [-0.3, -0.25) is 9.74 Å². The molecule has 0 radical (unpaired) electrons. The minimum Gasteiger partial charge on any atom is -0.299 e. The van der Waals surface area contributed by atoms with E-state index in [9.17, 15) is 0 Å². The van der Waals surface area contributed by atoms with Crippen molar-refractivity contribution in [2.75, 3.05) is 26.3 Å². The summed E-state index contributed by atoms with van der Waals surface area (Å²) in [7, 11) is 0. The van der Waals surface area contributed by atoms with Crippen LogP contribution in [-0.2, 0) is 0 Å². The molecule has 1 aromatic rings. The first-order chi connectivity index (χ1) is 10.3. The van der Waals surface area contributed by atoms with Crippen LogP contribution in [0, 0.1) is 6.57 Å². The summed E-state index contributed by atoms with van der Waals surface area (Å²) in [6.07, 6.45) is 0. The second-order valence-electron chi connectivity index (χ2n) is 7.54. The van der Waals surface area contributed by atoms with Crippen LogP contribution in [0.25, 0.3) is 4.85 Å². The third-order valence-electron chi connectivity index (χ3n) is 4.57. The van der Waals surface area contributed by atoms with Gasteiger partial charge in [0.1, 0.15) is 0 Å². The molecule has 0 spiro atoms. The maximum atomic E-state index is 7.16. The third-order valence-corrected chi connectivity index (χ3v) is 4.57. The van der Waals surface area contributed by atoms with Gasteiger partial charge in [0, 0.05) is 31.2 Å². The molecule has 1 fully saturated rings. The van der Waals surface area contributed by atoms with E-state index in [0.29, 0.717) is 18.6 Å². The fourth-order valence-corrected chi connectivity index (χ4v) is 3.48. The van der Waals surface area contributed by atoms with Crippen molar-refractivity contribution in [2.24, 2.45) is 0 Å². The molecule has 0 saturated carbocycles. The zero-order valence-electron chi connectivity index (χ0n) is 14.6. The Morgan fingerprint density at radius 2 is 1.91 bits per heavy atom. The lowest BCUT2D eigenvalue weighted by molar-refractivity contribution is 0.0123. The number of hydrogen-bond donors (Lipinski definition) is 0. The van der Waals surface area contributed by atoms with Crippen molar-refractivity contribution in [3.63, 3.8) is 0 Å². The van der Waals surface area contributed by atoms with Crippen molar-refractivity contribution in [3.05, 3.63) is 46.8 Å². The minimum absolute atomic E-state index is 0.138. The van der Waals surface area contributed by atoms with Crippen LogP contribution in [-0.4, -0.2) is 41.6 Å². The van der Waals surface area contributed by atoms with Crippen LogP contribution in [0.2, 0.25) is 0 Å². The molecular weight excluding hydrogens is 270 g/mol. The Balaban J connectivity index is 2.39. The van der Waals surface area contributed by atoms with Gasteiger partial charge in [-0.15, -0.1) is 0 Å². The highest BCUT2D eigenvalue weighted by molar-refractivity contribution is 5.33. The smallest absolute Gasteiger partial charge is 0.270 e. The summed E-state index contributed by atoms with van der Waals surface area (Å²) in [5.74, 6) is 0.522. The zero-order chi connectivity index (χ0) is 16.3. The summed E-state index contributed by atoms with van der Waals surface area (Å²) in [6.45, 7) is 22.0. The largest absolute Gasteiger partial charge is 0.299 e. The topological polar surface area (TPSA) is 10.8 Å². The molecule has 1 saturated heterocycles. The Hall–Kier alpha value is -1.37. The van der Waals surface area contributed by atoms with Crippen molar-refractivity contribution in [3.8, 4) is 0 Å². The van der Waals surface area contributed by atoms with Gasteiger partial charge < -0.3 is 0 Å². The second-order valence-corrected chi connectivity index (χ2v) is 7.54. The van der Waals surface area contributed by atoms with Crippen molar-refractivity contribution in [2.45, 2.75) is 52.1 Å². The maximum absolute atomic E-state index is 7.16. The van der Waals surface area contributed by atoms with Gasteiger partial charge >= 0.3 is 0 Å². The quantitative estimate of drug-likeness (QED) is 0.777. The lowest BCUT2D eigenvalue weighted by Crippen LogP contribution is -2.55. The Morgan fingerprint density at radius 3 is 2.50 bits per heavy atom. The van der Waals surface area contributed by atoms with Gasteiger partial charge in [0.25, 0.3) is 6.67 Å². The molecule has 1 heterocycles. The van der Waals surface area contributed by atoms with Crippen LogP contribution in [0.5, 0.6) is 0 Å². The number of piperazine rings is 1. The summed E-state index contributed by atoms with van der Waals surface area (Å²) >= 11 is 0. The summed E-state index contributed by atoms with van der Waals surface area (Å²) in [4.78, 5) is 8.48. The monoisotopic (exact) mass is 299 g/mol. The van der Waals surface area contributed by atoms with Gasteiger partial charge in [-0.2, -0.15) is 0 Å². The highest BCUT2D eigenvalue weighted by Gasteiger charge is 2.36. The Labute approximate surface area is 135 Å². The van der Waals surface area contributed by atoms with Crippen molar-refractivity contribution >= 4 is 0 Å². The molecule has 1 atom stereocenters. The molecule has 0 N–H and O–H groups in total. The van der Waals surface area contributed by atoms with Crippen molar-refractivity contribution < 1.29 is 0 Å². The second kappa shape index (κ2) is 6.81. The lowest BCUT2D eigenvalue weighted by atomic mass is 9.88. The summed E-state index contributed by atoms with van der Waals surface area (Å²) in [5.41, 5.74) is 3.01. The van der Waals surface area contributed by atoms with Crippen LogP contribution in [0.1, 0.15) is 57.7 Å². The molecule has 2 rings (SSSR count). The van der Waals surface area contributed by atoms with E-state index >= 15 is 0 Å². The summed E-state index contributed by atoms with van der Waals surface area (Å²) < 4.78 is 0. The highest BCUT2D eigenvalue weighted by atomic mass is 15.3.